The Bertz CT molecular complexity index is 401. The van der Waals surface area contributed by atoms with Gasteiger partial charge < -0.3 is 5.73 Å². The molecular formula is C14H23N5. The molecule has 4 bridgehead atoms. The van der Waals surface area contributed by atoms with Gasteiger partial charge >= 0.3 is 0 Å². The summed E-state index contributed by atoms with van der Waals surface area (Å²) in [6.45, 7) is 0.641. The molecule has 4 fully saturated rings. The maximum atomic E-state index is 5.95. The molecule has 19 heavy (non-hydrogen) atoms. The average molecular weight is 261 g/mol. The molecule has 1 aromatic heterocycles. The zero-order valence-electron chi connectivity index (χ0n) is 11.3. The molecule has 5 heteroatoms. The lowest BCUT2D eigenvalue weighted by molar-refractivity contribution is -0.0422. The van der Waals surface area contributed by atoms with Crippen molar-refractivity contribution in [1.29, 1.82) is 0 Å². The largest absolute Gasteiger partial charge is 0.330 e. The van der Waals surface area contributed by atoms with E-state index in [9.17, 15) is 0 Å². The van der Waals surface area contributed by atoms with Gasteiger partial charge in [-0.25, -0.2) is 0 Å². The highest BCUT2D eigenvalue weighted by Gasteiger charge is 2.48. The molecule has 104 valence electrons. The predicted octanol–water partition coefficient (Wildman–Crippen LogP) is 1.70. The number of hydrogen-bond acceptors (Lipinski definition) is 4. The smallest absolute Gasteiger partial charge is 0.178 e. The van der Waals surface area contributed by atoms with Crippen molar-refractivity contribution in [2.24, 2.45) is 35.3 Å². The van der Waals surface area contributed by atoms with Crippen LogP contribution in [0.4, 0.5) is 0 Å². The molecule has 0 aromatic carbocycles. The van der Waals surface area contributed by atoms with Crippen LogP contribution in [-0.4, -0.2) is 27.2 Å². The third kappa shape index (κ3) is 1.98. The fourth-order valence-electron chi connectivity index (χ4n) is 5.40. The molecule has 5 nitrogen and oxygen atoms in total. The summed E-state index contributed by atoms with van der Waals surface area (Å²) in [5.41, 5.74) is 5.95. The van der Waals surface area contributed by atoms with Gasteiger partial charge in [0.1, 0.15) is 0 Å². The minimum atomic E-state index is 0.293. The van der Waals surface area contributed by atoms with E-state index in [1.165, 1.54) is 38.5 Å². The summed E-state index contributed by atoms with van der Waals surface area (Å²) in [4.78, 5) is 0. The quantitative estimate of drug-likeness (QED) is 0.864. The van der Waals surface area contributed by atoms with E-state index in [1.807, 2.05) is 0 Å². The highest BCUT2D eigenvalue weighted by atomic mass is 15.5. The van der Waals surface area contributed by atoms with E-state index >= 15 is 0 Å². The number of nitrogens with one attached hydrogen (secondary N) is 1. The first-order valence-corrected chi connectivity index (χ1v) is 7.77. The Kier molecular flexibility index (Phi) is 2.83. The average Bonchev–Trinajstić information content (AvgIpc) is 2.91. The van der Waals surface area contributed by atoms with Crippen LogP contribution in [0.2, 0.25) is 0 Å². The Balaban J connectivity index is 1.50. The third-order valence-corrected chi connectivity index (χ3v) is 5.99. The number of nitrogens with two attached hydrogens (primary N) is 1. The fraction of sp³-hybridized carbons (Fsp3) is 0.929. The Labute approximate surface area is 113 Å². The second kappa shape index (κ2) is 4.54. The molecule has 4 aliphatic carbocycles. The molecule has 1 heterocycles. The number of hydrogen-bond donors (Lipinski definition) is 2. The van der Waals surface area contributed by atoms with Gasteiger partial charge in [0.05, 0.1) is 0 Å². The van der Waals surface area contributed by atoms with Crippen LogP contribution in [-0.2, 0) is 0 Å². The van der Waals surface area contributed by atoms with Crippen molar-refractivity contribution >= 4 is 0 Å². The van der Waals surface area contributed by atoms with Crippen LogP contribution >= 0.6 is 0 Å². The number of nitrogens with zero attached hydrogens (tertiary/aromatic N) is 3. The summed E-state index contributed by atoms with van der Waals surface area (Å²) in [7, 11) is 0. The van der Waals surface area contributed by atoms with Gasteiger partial charge in [-0.3, -0.25) is 0 Å². The lowest BCUT2D eigenvalue weighted by Crippen LogP contribution is -2.45. The number of aromatic nitrogens is 4. The summed E-state index contributed by atoms with van der Waals surface area (Å²) < 4.78 is 0. The molecule has 1 aromatic rings. The molecule has 0 spiro atoms. The van der Waals surface area contributed by atoms with E-state index in [0.29, 0.717) is 12.5 Å². The highest BCUT2D eigenvalue weighted by Crippen LogP contribution is 2.58. The predicted molar refractivity (Wildman–Crippen MR) is 71.1 cm³/mol. The van der Waals surface area contributed by atoms with Crippen LogP contribution in [0.15, 0.2) is 0 Å². The van der Waals surface area contributed by atoms with Crippen LogP contribution in [0.1, 0.15) is 50.3 Å². The summed E-state index contributed by atoms with van der Waals surface area (Å²) in [5.74, 6) is 5.97. The van der Waals surface area contributed by atoms with Gasteiger partial charge in [0.25, 0.3) is 0 Å². The molecule has 4 saturated carbocycles. The van der Waals surface area contributed by atoms with Gasteiger partial charge in [-0.2, -0.15) is 5.21 Å². The minimum absolute atomic E-state index is 0.293. The van der Waals surface area contributed by atoms with Gasteiger partial charge in [0.2, 0.25) is 0 Å². The van der Waals surface area contributed by atoms with E-state index < -0.39 is 0 Å². The van der Waals surface area contributed by atoms with Crippen molar-refractivity contribution in [2.75, 3.05) is 6.54 Å². The summed E-state index contributed by atoms with van der Waals surface area (Å²) in [6.07, 6.45) is 8.58. The summed E-state index contributed by atoms with van der Waals surface area (Å²) in [5, 5.41) is 14.5. The normalized spacial score (nSPS) is 41.6. The second-order valence-corrected chi connectivity index (χ2v) is 7.03. The van der Waals surface area contributed by atoms with Gasteiger partial charge in [-0.1, -0.05) is 5.21 Å². The SMILES string of the molecule is NCC(CC1C2CC3CC(C2)CC1C3)c1nn[nH]n1. The molecule has 1 unspecified atom stereocenters. The minimum Gasteiger partial charge on any atom is -0.330 e. The molecule has 0 aliphatic heterocycles. The lowest BCUT2D eigenvalue weighted by Gasteiger charge is -2.55. The van der Waals surface area contributed by atoms with Gasteiger partial charge in [-0.15, -0.1) is 10.2 Å². The van der Waals surface area contributed by atoms with Crippen molar-refractivity contribution < 1.29 is 0 Å². The number of H-pyrrole nitrogens is 1. The van der Waals surface area contributed by atoms with Crippen molar-refractivity contribution in [3.8, 4) is 0 Å². The fourth-order valence-corrected chi connectivity index (χ4v) is 5.40. The summed E-state index contributed by atoms with van der Waals surface area (Å²) >= 11 is 0. The second-order valence-electron chi connectivity index (χ2n) is 7.03. The van der Waals surface area contributed by atoms with Crippen molar-refractivity contribution in [3.63, 3.8) is 0 Å². The van der Waals surface area contributed by atoms with Gasteiger partial charge in [-0.05, 0) is 68.1 Å². The first-order chi connectivity index (χ1) is 9.33. The highest BCUT2D eigenvalue weighted by molar-refractivity contribution is 5.01. The Morgan fingerprint density at radius 3 is 2.32 bits per heavy atom. The maximum absolute atomic E-state index is 5.95. The molecule has 0 radical (unpaired) electrons. The topological polar surface area (TPSA) is 80.5 Å². The zero-order chi connectivity index (χ0) is 12.8. The van der Waals surface area contributed by atoms with Crippen LogP contribution in [0.25, 0.3) is 0 Å². The van der Waals surface area contributed by atoms with E-state index in [0.717, 1.165) is 35.4 Å². The maximum Gasteiger partial charge on any atom is 0.178 e. The van der Waals surface area contributed by atoms with Crippen LogP contribution in [0.3, 0.4) is 0 Å². The number of tetrazole rings is 1. The van der Waals surface area contributed by atoms with Crippen molar-refractivity contribution in [1.82, 2.24) is 20.6 Å². The van der Waals surface area contributed by atoms with E-state index in [1.54, 1.807) is 0 Å². The van der Waals surface area contributed by atoms with E-state index in [4.69, 9.17) is 5.73 Å². The molecule has 0 amide bonds. The number of rotatable bonds is 4. The first kappa shape index (κ1) is 11.8. The summed E-state index contributed by atoms with van der Waals surface area (Å²) in [6, 6.07) is 0. The molecule has 5 rings (SSSR count). The molecular weight excluding hydrogens is 238 g/mol. The van der Waals surface area contributed by atoms with E-state index in [2.05, 4.69) is 20.6 Å². The van der Waals surface area contributed by atoms with Crippen LogP contribution in [0, 0.1) is 29.6 Å². The Morgan fingerprint density at radius 1 is 1.11 bits per heavy atom. The number of aromatic amines is 1. The van der Waals surface area contributed by atoms with Crippen LogP contribution < -0.4 is 5.73 Å². The third-order valence-electron chi connectivity index (χ3n) is 5.99. The van der Waals surface area contributed by atoms with Crippen molar-refractivity contribution in [2.45, 2.75) is 44.4 Å². The molecule has 3 N–H and O–H groups in total. The van der Waals surface area contributed by atoms with E-state index in [-0.39, 0.29) is 0 Å². The molecule has 1 atom stereocenters. The van der Waals surface area contributed by atoms with Crippen molar-refractivity contribution in [3.05, 3.63) is 5.82 Å². The monoisotopic (exact) mass is 261 g/mol. The standard InChI is InChI=1S/C14H23N5/c15-7-12(14-16-18-19-17-14)6-13-10-2-8-1-9(4-10)5-11(13)3-8/h8-13H,1-7,15H2,(H,16,17,18,19). The first-order valence-electron chi connectivity index (χ1n) is 7.77. The van der Waals surface area contributed by atoms with Gasteiger partial charge in [0.15, 0.2) is 5.82 Å². The molecule has 4 aliphatic rings. The molecule has 0 saturated heterocycles. The van der Waals surface area contributed by atoms with Gasteiger partial charge in [0, 0.05) is 12.5 Å². The van der Waals surface area contributed by atoms with Crippen LogP contribution in [0.5, 0.6) is 0 Å². The lowest BCUT2D eigenvalue weighted by atomic mass is 9.51. The Morgan fingerprint density at radius 2 is 1.79 bits per heavy atom. The Hall–Kier alpha value is -0.970. The zero-order valence-corrected chi connectivity index (χ0v) is 11.3.